The third-order valence-electron chi connectivity index (χ3n) is 3.33. The maximum atomic E-state index is 12.1. The van der Waals surface area contributed by atoms with Gasteiger partial charge in [0.05, 0.1) is 13.2 Å². The molecule has 25 heavy (non-hydrogen) atoms. The molecular formula is C19H22BrF3O2. The number of alkyl halides is 3. The molecule has 0 atom stereocenters. The first-order valence-corrected chi connectivity index (χ1v) is 8.64. The molecule has 0 saturated carbocycles. The van der Waals surface area contributed by atoms with Gasteiger partial charge in [-0.1, -0.05) is 46.6 Å². The summed E-state index contributed by atoms with van der Waals surface area (Å²) in [6.45, 7) is 6.80. The van der Waals surface area contributed by atoms with Crippen molar-refractivity contribution in [1.82, 2.24) is 0 Å². The maximum absolute atomic E-state index is 12.1. The lowest BCUT2D eigenvalue weighted by Gasteiger charge is -2.10. The summed E-state index contributed by atoms with van der Waals surface area (Å²) in [5.41, 5.74) is 3.04. The maximum Gasteiger partial charge on any atom is 0.573 e. The molecule has 0 saturated heterocycles. The summed E-state index contributed by atoms with van der Waals surface area (Å²) in [5.74, 6) is -0.240. The van der Waals surface area contributed by atoms with E-state index in [9.17, 15) is 13.2 Å². The van der Waals surface area contributed by atoms with Crippen molar-refractivity contribution in [1.29, 1.82) is 0 Å². The summed E-state index contributed by atoms with van der Waals surface area (Å²) in [7, 11) is 0. The average molecular weight is 419 g/mol. The summed E-state index contributed by atoms with van der Waals surface area (Å²) in [4.78, 5) is 0. The first-order chi connectivity index (χ1) is 11.7. The predicted molar refractivity (Wildman–Crippen MR) is 97.6 cm³/mol. The van der Waals surface area contributed by atoms with E-state index in [-0.39, 0.29) is 5.75 Å². The van der Waals surface area contributed by atoms with Gasteiger partial charge in [0.25, 0.3) is 0 Å². The second kappa shape index (κ2) is 10.5. The Labute approximate surface area is 155 Å². The fourth-order valence-corrected chi connectivity index (χ4v) is 2.52. The van der Waals surface area contributed by atoms with Gasteiger partial charge in [0, 0.05) is 4.48 Å². The van der Waals surface area contributed by atoms with Gasteiger partial charge in [-0.15, -0.1) is 13.2 Å². The monoisotopic (exact) mass is 418 g/mol. The zero-order valence-electron chi connectivity index (χ0n) is 14.5. The Kier molecular flexibility index (Phi) is 9.00. The van der Waals surface area contributed by atoms with Crippen LogP contribution >= 0.6 is 15.9 Å². The highest BCUT2D eigenvalue weighted by molar-refractivity contribution is 9.11. The normalized spacial score (nSPS) is 14.0. The van der Waals surface area contributed by atoms with Crippen LogP contribution in [0, 0.1) is 0 Å². The van der Waals surface area contributed by atoms with Crippen molar-refractivity contribution in [2.45, 2.75) is 40.2 Å². The molecule has 0 amide bonds. The van der Waals surface area contributed by atoms with Crippen molar-refractivity contribution in [3.8, 4) is 5.75 Å². The molecular weight excluding hydrogens is 397 g/mol. The number of hydrogen-bond acceptors (Lipinski definition) is 2. The van der Waals surface area contributed by atoms with Crippen molar-refractivity contribution in [2.24, 2.45) is 0 Å². The Bertz CT molecular complexity index is 629. The second-order valence-electron chi connectivity index (χ2n) is 5.42. The topological polar surface area (TPSA) is 18.5 Å². The molecule has 0 aromatic heterocycles. The molecule has 0 fully saturated rings. The first-order valence-electron chi connectivity index (χ1n) is 7.85. The van der Waals surface area contributed by atoms with E-state index in [4.69, 9.17) is 4.74 Å². The van der Waals surface area contributed by atoms with Gasteiger partial charge in [0.1, 0.15) is 5.75 Å². The molecule has 1 aromatic carbocycles. The van der Waals surface area contributed by atoms with Crippen molar-refractivity contribution < 1.29 is 22.6 Å². The summed E-state index contributed by atoms with van der Waals surface area (Å²) < 4.78 is 46.8. The first kappa shape index (κ1) is 21.5. The van der Waals surface area contributed by atoms with E-state index >= 15 is 0 Å². The molecule has 1 aromatic rings. The molecule has 6 heteroatoms. The van der Waals surface area contributed by atoms with Gasteiger partial charge in [-0.25, -0.2) is 0 Å². The van der Waals surface area contributed by atoms with Gasteiger partial charge in [0.2, 0.25) is 0 Å². The summed E-state index contributed by atoms with van der Waals surface area (Å²) >= 11 is 3.51. The summed E-state index contributed by atoms with van der Waals surface area (Å²) in [6.07, 6.45) is 2.31. The van der Waals surface area contributed by atoms with Gasteiger partial charge in [-0.3, -0.25) is 0 Å². The van der Waals surface area contributed by atoms with Crippen LogP contribution in [0.25, 0.3) is 0 Å². The van der Waals surface area contributed by atoms with Crippen LogP contribution in [0.1, 0.15) is 32.8 Å². The second-order valence-corrected chi connectivity index (χ2v) is 6.34. The Balaban J connectivity index is 2.54. The number of hydrogen-bond donors (Lipinski definition) is 0. The molecule has 1 rings (SSSR count). The van der Waals surface area contributed by atoms with Crippen LogP contribution < -0.4 is 4.74 Å². The molecule has 2 nitrogen and oxygen atoms in total. The Morgan fingerprint density at radius 1 is 1.16 bits per heavy atom. The highest BCUT2D eigenvalue weighted by Crippen LogP contribution is 2.23. The number of benzene rings is 1. The zero-order chi connectivity index (χ0) is 18.9. The van der Waals surface area contributed by atoms with E-state index in [1.54, 1.807) is 12.1 Å². The standard InChI is InChI=1S/C19H22BrF3O2/c1-4-14(3)10-17(20)11-15(5-2)12-24-13-16-6-8-18(9-7-16)25-19(21,22)23/h5-11H,4,12-13H2,1-3H3/b14-10-,15-5+,17-11+. The van der Waals surface area contributed by atoms with E-state index in [1.807, 2.05) is 19.1 Å². The Morgan fingerprint density at radius 3 is 2.32 bits per heavy atom. The molecule has 0 heterocycles. The molecule has 0 radical (unpaired) electrons. The SMILES string of the molecule is C\C=C(/C=C(Br)\C=C(\C)CC)COCc1ccc(OC(F)(F)F)cc1. The number of allylic oxidation sites excluding steroid dienone is 4. The minimum atomic E-state index is -4.68. The number of ether oxygens (including phenoxy) is 2. The quantitative estimate of drug-likeness (QED) is 0.438. The Hall–Kier alpha value is -1.53. The molecule has 0 bridgehead atoms. The summed E-state index contributed by atoms with van der Waals surface area (Å²) in [5, 5.41) is 0. The largest absolute Gasteiger partial charge is 0.573 e. The van der Waals surface area contributed by atoms with E-state index in [0.29, 0.717) is 13.2 Å². The van der Waals surface area contributed by atoms with Crippen molar-refractivity contribution >= 4 is 15.9 Å². The lowest BCUT2D eigenvalue weighted by molar-refractivity contribution is -0.274. The van der Waals surface area contributed by atoms with Gasteiger partial charge in [-0.05, 0) is 55.7 Å². The van der Waals surface area contributed by atoms with Crippen LogP contribution in [-0.4, -0.2) is 13.0 Å². The number of halogens is 4. The fraction of sp³-hybridized carbons (Fsp3) is 0.368. The van der Waals surface area contributed by atoms with Crippen molar-refractivity contribution in [3.63, 3.8) is 0 Å². The lowest BCUT2D eigenvalue weighted by Crippen LogP contribution is -2.17. The molecule has 0 spiro atoms. The van der Waals surface area contributed by atoms with Crippen LogP contribution in [0.5, 0.6) is 5.75 Å². The van der Waals surface area contributed by atoms with E-state index in [1.165, 1.54) is 17.7 Å². The van der Waals surface area contributed by atoms with Crippen LogP contribution in [0.2, 0.25) is 0 Å². The zero-order valence-corrected chi connectivity index (χ0v) is 16.1. The van der Waals surface area contributed by atoms with Crippen LogP contribution in [-0.2, 0) is 11.3 Å². The van der Waals surface area contributed by atoms with Gasteiger partial charge >= 0.3 is 6.36 Å². The van der Waals surface area contributed by atoms with Crippen LogP contribution in [0.15, 0.2) is 58.1 Å². The molecule has 138 valence electrons. The molecule has 0 aliphatic carbocycles. The van der Waals surface area contributed by atoms with Gasteiger partial charge in [-0.2, -0.15) is 0 Å². The smallest absolute Gasteiger partial charge is 0.406 e. The number of rotatable bonds is 8. The van der Waals surface area contributed by atoms with Crippen LogP contribution in [0.3, 0.4) is 0 Å². The minimum absolute atomic E-state index is 0.240. The molecule has 0 unspecified atom stereocenters. The lowest BCUT2D eigenvalue weighted by atomic mass is 10.2. The van der Waals surface area contributed by atoms with E-state index < -0.39 is 6.36 Å². The Morgan fingerprint density at radius 2 is 1.80 bits per heavy atom. The van der Waals surface area contributed by atoms with Crippen molar-refractivity contribution in [3.05, 3.63) is 63.7 Å². The highest BCUT2D eigenvalue weighted by atomic mass is 79.9. The summed E-state index contributed by atoms with van der Waals surface area (Å²) in [6, 6.07) is 5.65. The minimum Gasteiger partial charge on any atom is -0.406 e. The van der Waals surface area contributed by atoms with Gasteiger partial charge in [0.15, 0.2) is 0 Å². The van der Waals surface area contributed by atoms with Crippen molar-refractivity contribution in [2.75, 3.05) is 6.61 Å². The van der Waals surface area contributed by atoms with E-state index in [2.05, 4.69) is 40.6 Å². The third-order valence-corrected chi connectivity index (χ3v) is 3.79. The molecule has 0 aliphatic rings. The van der Waals surface area contributed by atoms with Gasteiger partial charge < -0.3 is 9.47 Å². The van der Waals surface area contributed by atoms with E-state index in [0.717, 1.165) is 22.0 Å². The highest BCUT2D eigenvalue weighted by Gasteiger charge is 2.30. The third kappa shape index (κ3) is 9.51. The van der Waals surface area contributed by atoms with Crippen LogP contribution in [0.4, 0.5) is 13.2 Å². The molecule has 0 aliphatic heterocycles. The molecule has 0 N–H and O–H groups in total. The average Bonchev–Trinajstić information content (AvgIpc) is 2.53. The predicted octanol–water partition coefficient (Wildman–Crippen LogP) is 6.68. The fourth-order valence-electron chi connectivity index (χ4n) is 1.84.